The predicted octanol–water partition coefficient (Wildman–Crippen LogP) is 3.52. The number of nitrogens with zero attached hydrogens (tertiary/aromatic N) is 1. The maximum atomic E-state index is 11.8. The molecule has 0 aliphatic carbocycles. The fourth-order valence-electron chi connectivity index (χ4n) is 1.97. The highest BCUT2D eigenvalue weighted by molar-refractivity contribution is 5.99. The number of imidazole rings is 1. The molecule has 0 aliphatic rings. The van der Waals surface area contributed by atoms with Gasteiger partial charge in [0.1, 0.15) is 0 Å². The molecule has 2 aromatic carbocycles. The number of carbonyl (C=O) groups is 1. The van der Waals surface area contributed by atoms with Crippen molar-refractivity contribution < 1.29 is 4.79 Å². The lowest BCUT2D eigenvalue weighted by Crippen LogP contribution is -2.20. The van der Waals surface area contributed by atoms with Crippen molar-refractivity contribution in [3.05, 3.63) is 54.1 Å². The second-order valence-electron chi connectivity index (χ2n) is 4.55. The van der Waals surface area contributed by atoms with Gasteiger partial charge >= 0.3 is 6.03 Å². The topological polar surface area (TPSA) is 69.8 Å². The van der Waals surface area contributed by atoms with Crippen LogP contribution >= 0.6 is 0 Å². The molecule has 0 fully saturated rings. The Bertz CT molecular complexity index is 749. The van der Waals surface area contributed by atoms with Crippen LogP contribution in [0.4, 0.5) is 16.4 Å². The lowest BCUT2D eigenvalue weighted by atomic mass is 10.2. The Balaban J connectivity index is 1.74. The van der Waals surface area contributed by atoms with Gasteiger partial charge in [-0.15, -0.1) is 0 Å². The number of fused-ring (bicyclic) bond motifs is 1. The van der Waals surface area contributed by atoms with Crippen molar-refractivity contribution in [2.75, 3.05) is 10.6 Å². The maximum Gasteiger partial charge on any atom is 0.326 e. The molecule has 100 valence electrons. The van der Waals surface area contributed by atoms with Gasteiger partial charge in [-0.1, -0.05) is 24.3 Å². The van der Waals surface area contributed by atoms with E-state index >= 15 is 0 Å². The van der Waals surface area contributed by atoms with Crippen molar-refractivity contribution in [3.63, 3.8) is 0 Å². The second-order valence-corrected chi connectivity index (χ2v) is 4.55. The van der Waals surface area contributed by atoms with Crippen molar-refractivity contribution in [1.29, 1.82) is 0 Å². The number of anilines is 2. The molecule has 2 amide bonds. The number of urea groups is 1. The highest BCUT2D eigenvalue weighted by Gasteiger charge is 2.06. The van der Waals surface area contributed by atoms with Crippen molar-refractivity contribution >= 4 is 28.7 Å². The van der Waals surface area contributed by atoms with Gasteiger partial charge in [0.15, 0.2) is 0 Å². The zero-order valence-electron chi connectivity index (χ0n) is 11.0. The number of nitrogens with one attached hydrogen (secondary N) is 3. The van der Waals surface area contributed by atoms with Crippen molar-refractivity contribution in [2.24, 2.45) is 0 Å². The van der Waals surface area contributed by atoms with Crippen LogP contribution in [0.3, 0.4) is 0 Å². The summed E-state index contributed by atoms with van der Waals surface area (Å²) in [6.07, 6.45) is 0. The third kappa shape index (κ3) is 2.61. The van der Waals surface area contributed by atoms with Gasteiger partial charge in [0.2, 0.25) is 5.95 Å². The number of amides is 2. The van der Waals surface area contributed by atoms with E-state index in [2.05, 4.69) is 20.6 Å². The van der Waals surface area contributed by atoms with E-state index in [0.717, 1.165) is 22.3 Å². The van der Waals surface area contributed by atoms with Crippen molar-refractivity contribution in [3.8, 4) is 0 Å². The summed E-state index contributed by atoms with van der Waals surface area (Å²) >= 11 is 0. The SMILES string of the molecule is Cc1ccc2nc(NC(=O)Nc3ccccc3)[nH]c2c1. The quantitative estimate of drug-likeness (QED) is 0.664. The van der Waals surface area contributed by atoms with Gasteiger partial charge in [0, 0.05) is 5.69 Å². The molecule has 0 bridgehead atoms. The van der Waals surface area contributed by atoms with E-state index in [1.165, 1.54) is 0 Å². The first kappa shape index (κ1) is 12.2. The summed E-state index contributed by atoms with van der Waals surface area (Å²) in [7, 11) is 0. The first-order chi connectivity index (χ1) is 9.70. The van der Waals surface area contributed by atoms with E-state index in [0.29, 0.717) is 5.95 Å². The molecule has 0 unspecified atom stereocenters. The standard InChI is InChI=1S/C15H14N4O/c1-10-7-8-12-13(9-10)18-14(17-12)19-15(20)16-11-5-3-2-4-6-11/h2-9H,1H3,(H3,16,17,18,19,20). The fourth-order valence-corrected chi connectivity index (χ4v) is 1.97. The minimum atomic E-state index is -0.327. The normalized spacial score (nSPS) is 10.4. The van der Waals surface area contributed by atoms with E-state index in [9.17, 15) is 4.79 Å². The van der Waals surface area contributed by atoms with E-state index in [1.54, 1.807) is 0 Å². The average Bonchev–Trinajstić information content (AvgIpc) is 2.80. The molecule has 0 aliphatic heterocycles. The smallest absolute Gasteiger partial charge is 0.324 e. The third-order valence-corrected chi connectivity index (χ3v) is 2.90. The van der Waals surface area contributed by atoms with E-state index in [4.69, 9.17) is 0 Å². The van der Waals surface area contributed by atoms with Crippen LogP contribution in [0.1, 0.15) is 5.56 Å². The molecule has 3 N–H and O–H groups in total. The molecular formula is C15H14N4O. The molecule has 1 aromatic heterocycles. The second kappa shape index (κ2) is 5.05. The summed E-state index contributed by atoms with van der Waals surface area (Å²) in [6, 6.07) is 14.8. The number of rotatable bonds is 2. The number of hydrogen-bond donors (Lipinski definition) is 3. The number of aromatic amines is 1. The van der Waals surface area contributed by atoms with Crippen LogP contribution in [0.25, 0.3) is 11.0 Å². The molecule has 1 heterocycles. The first-order valence-corrected chi connectivity index (χ1v) is 6.30. The van der Waals surface area contributed by atoms with Gasteiger partial charge in [-0.05, 0) is 36.8 Å². The number of H-pyrrole nitrogens is 1. The third-order valence-electron chi connectivity index (χ3n) is 2.90. The first-order valence-electron chi connectivity index (χ1n) is 6.30. The molecule has 5 heteroatoms. The van der Waals surface area contributed by atoms with Crippen LogP contribution in [-0.2, 0) is 0 Å². The molecule has 0 saturated heterocycles. The van der Waals surface area contributed by atoms with Crippen LogP contribution in [0.2, 0.25) is 0 Å². The molecule has 3 rings (SSSR count). The van der Waals surface area contributed by atoms with Gasteiger partial charge < -0.3 is 10.3 Å². The summed E-state index contributed by atoms with van der Waals surface area (Å²) in [5.74, 6) is 0.430. The summed E-state index contributed by atoms with van der Waals surface area (Å²) in [5.41, 5.74) is 3.60. The Labute approximate surface area is 116 Å². The molecule has 0 atom stereocenters. The lowest BCUT2D eigenvalue weighted by molar-refractivity contribution is 0.262. The van der Waals surface area contributed by atoms with Gasteiger partial charge in [0.25, 0.3) is 0 Å². The molecule has 5 nitrogen and oxygen atoms in total. The summed E-state index contributed by atoms with van der Waals surface area (Å²) in [4.78, 5) is 19.2. The van der Waals surface area contributed by atoms with E-state index < -0.39 is 0 Å². The van der Waals surface area contributed by atoms with Crippen LogP contribution in [-0.4, -0.2) is 16.0 Å². The highest BCUT2D eigenvalue weighted by atomic mass is 16.2. The Kier molecular flexibility index (Phi) is 3.09. The monoisotopic (exact) mass is 266 g/mol. The number of hydrogen-bond acceptors (Lipinski definition) is 2. The molecule has 0 radical (unpaired) electrons. The van der Waals surface area contributed by atoms with Gasteiger partial charge in [-0.2, -0.15) is 0 Å². The van der Waals surface area contributed by atoms with E-state index in [1.807, 2.05) is 55.5 Å². The van der Waals surface area contributed by atoms with Gasteiger partial charge in [-0.3, -0.25) is 5.32 Å². The molecule has 0 spiro atoms. The van der Waals surface area contributed by atoms with Gasteiger partial charge in [0.05, 0.1) is 11.0 Å². The van der Waals surface area contributed by atoms with Crippen molar-refractivity contribution in [1.82, 2.24) is 9.97 Å². The fraction of sp³-hybridized carbons (Fsp3) is 0.0667. The number of para-hydroxylation sites is 1. The highest BCUT2D eigenvalue weighted by Crippen LogP contribution is 2.16. The lowest BCUT2D eigenvalue weighted by Gasteiger charge is -2.04. The largest absolute Gasteiger partial charge is 0.326 e. The van der Waals surface area contributed by atoms with E-state index in [-0.39, 0.29) is 6.03 Å². The number of aromatic nitrogens is 2. The number of benzene rings is 2. The molecule has 0 saturated carbocycles. The summed E-state index contributed by atoms with van der Waals surface area (Å²) in [5, 5.41) is 5.42. The Morgan fingerprint density at radius 1 is 1.10 bits per heavy atom. The zero-order chi connectivity index (χ0) is 13.9. The number of carbonyl (C=O) groups excluding carboxylic acids is 1. The molecule has 20 heavy (non-hydrogen) atoms. The minimum absolute atomic E-state index is 0.327. The van der Waals surface area contributed by atoms with Crippen LogP contribution in [0.5, 0.6) is 0 Å². The van der Waals surface area contributed by atoms with Gasteiger partial charge in [-0.25, -0.2) is 9.78 Å². The maximum absolute atomic E-state index is 11.8. The Morgan fingerprint density at radius 2 is 1.90 bits per heavy atom. The predicted molar refractivity (Wildman–Crippen MR) is 79.9 cm³/mol. The molecular weight excluding hydrogens is 252 g/mol. The van der Waals surface area contributed by atoms with Crippen LogP contribution in [0, 0.1) is 6.92 Å². The van der Waals surface area contributed by atoms with Crippen LogP contribution in [0.15, 0.2) is 48.5 Å². The Hall–Kier alpha value is -2.82. The summed E-state index contributed by atoms with van der Waals surface area (Å²) < 4.78 is 0. The van der Waals surface area contributed by atoms with Crippen LogP contribution < -0.4 is 10.6 Å². The zero-order valence-corrected chi connectivity index (χ0v) is 11.0. The Morgan fingerprint density at radius 3 is 2.70 bits per heavy atom. The van der Waals surface area contributed by atoms with Crippen molar-refractivity contribution in [2.45, 2.75) is 6.92 Å². The number of aryl methyl sites for hydroxylation is 1. The molecule has 3 aromatic rings. The average molecular weight is 266 g/mol. The minimum Gasteiger partial charge on any atom is -0.324 e. The summed E-state index contributed by atoms with van der Waals surface area (Å²) in [6.45, 7) is 2.01.